The summed E-state index contributed by atoms with van der Waals surface area (Å²) >= 11 is 0. The maximum absolute atomic E-state index is 13.7. The molecule has 0 aliphatic rings. The Hall–Kier alpha value is -2.34. The Morgan fingerprint density at radius 2 is 1.71 bits per heavy atom. The second-order valence-electron chi connectivity index (χ2n) is 4.26. The third kappa shape index (κ3) is 2.90. The van der Waals surface area contributed by atoms with Crippen LogP contribution in [0, 0.1) is 5.82 Å². The van der Waals surface area contributed by atoms with E-state index in [1.807, 2.05) is 0 Å². The first kappa shape index (κ1) is 15.1. The molecule has 1 atom stereocenters. The summed E-state index contributed by atoms with van der Waals surface area (Å²) in [5, 5.41) is 10.4. The van der Waals surface area contributed by atoms with E-state index < -0.39 is 11.9 Å². The number of aromatic nitrogens is 1. The van der Waals surface area contributed by atoms with Crippen molar-refractivity contribution in [2.45, 2.75) is 6.10 Å². The number of rotatable bonds is 5. The zero-order valence-electron chi connectivity index (χ0n) is 12.0. The maximum atomic E-state index is 13.7. The number of hydrogen-bond acceptors (Lipinski definition) is 5. The number of ether oxygens (including phenoxy) is 3. The van der Waals surface area contributed by atoms with Crippen molar-refractivity contribution >= 4 is 0 Å². The van der Waals surface area contributed by atoms with Crippen molar-refractivity contribution in [1.82, 2.24) is 4.98 Å². The van der Waals surface area contributed by atoms with Crippen LogP contribution in [0.1, 0.15) is 17.2 Å². The molecular weight excluding hydrogens is 277 g/mol. The fraction of sp³-hybridized carbons (Fsp3) is 0.267. The van der Waals surface area contributed by atoms with Crippen LogP contribution >= 0.6 is 0 Å². The Balaban J connectivity index is 2.51. The molecule has 5 nitrogen and oxygen atoms in total. The molecule has 1 aromatic heterocycles. The normalized spacial score (nSPS) is 11.9. The van der Waals surface area contributed by atoms with Gasteiger partial charge in [-0.15, -0.1) is 0 Å². The number of benzene rings is 1. The van der Waals surface area contributed by atoms with E-state index in [1.54, 1.807) is 12.1 Å². The molecule has 0 fully saturated rings. The van der Waals surface area contributed by atoms with Gasteiger partial charge < -0.3 is 19.3 Å². The van der Waals surface area contributed by atoms with Crippen molar-refractivity contribution in [3.63, 3.8) is 0 Å². The molecule has 0 saturated carbocycles. The molecule has 2 rings (SSSR count). The molecule has 2 aromatic rings. The molecule has 1 N–H and O–H groups in total. The first-order valence-electron chi connectivity index (χ1n) is 6.19. The van der Waals surface area contributed by atoms with Crippen molar-refractivity contribution < 1.29 is 23.7 Å². The molecule has 1 unspecified atom stereocenters. The fourth-order valence-corrected chi connectivity index (χ4v) is 2.05. The van der Waals surface area contributed by atoms with Crippen LogP contribution in [0.4, 0.5) is 4.39 Å². The van der Waals surface area contributed by atoms with Crippen LogP contribution in [0.15, 0.2) is 30.6 Å². The second-order valence-corrected chi connectivity index (χ2v) is 4.26. The van der Waals surface area contributed by atoms with Crippen molar-refractivity contribution in [3.05, 3.63) is 47.5 Å². The zero-order chi connectivity index (χ0) is 15.4. The van der Waals surface area contributed by atoms with Gasteiger partial charge in [0.05, 0.1) is 27.5 Å². The van der Waals surface area contributed by atoms with Crippen molar-refractivity contribution in [2.24, 2.45) is 0 Å². The summed E-state index contributed by atoms with van der Waals surface area (Å²) in [4.78, 5) is 3.66. The number of methoxy groups -OCH3 is 3. The van der Waals surface area contributed by atoms with Gasteiger partial charge in [-0.05, 0) is 23.8 Å². The number of aliphatic hydroxyl groups is 1. The molecule has 0 radical (unpaired) electrons. The first-order valence-corrected chi connectivity index (χ1v) is 6.19. The molecule has 0 amide bonds. The fourth-order valence-electron chi connectivity index (χ4n) is 2.05. The van der Waals surface area contributed by atoms with Crippen molar-refractivity contribution in [2.75, 3.05) is 21.3 Å². The molecular formula is C15H16FNO4. The predicted octanol–water partition coefficient (Wildman–Crippen LogP) is 2.33. The Morgan fingerprint density at radius 1 is 1.10 bits per heavy atom. The van der Waals surface area contributed by atoms with Crippen molar-refractivity contribution in [1.29, 1.82) is 0 Å². The van der Waals surface area contributed by atoms with Gasteiger partial charge in [0, 0.05) is 11.8 Å². The minimum absolute atomic E-state index is 0.124. The highest BCUT2D eigenvalue weighted by molar-refractivity contribution is 5.55. The van der Waals surface area contributed by atoms with E-state index in [0.717, 1.165) is 6.20 Å². The third-order valence-electron chi connectivity index (χ3n) is 3.10. The topological polar surface area (TPSA) is 60.8 Å². The van der Waals surface area contributed by atoms with Gasteiger partial charge >= 0.3 is 0 Å². The van der Waals surface area contributed by atoms with E-state index >= 15 is 0 Å². The second kappa shape index (κ2) is 6.41. The predicted molar refractivity (Wildman–Crippen MR) is 74.4 cm³/mol. The Kier molecular flexibility index (Phi) is 4.59. The zero-order valence-corrected chi connectivity index (χ0v) is 12.0. The SMILES string of the molecule is COc1cc(C(O)c2ccncc2F)cc(OC)c1OC. The minimum atomic E-state index is -1.17. The van der Waals surface area contributed by atoms with E-state index in [0.29, 0.717) is 22.8 Å². The Labute approximate surface area is 121 Å². The summed E-state index contributed by atoms with van der Waals surface area (Å²) < 4.78 is 29.4. The number of nitrogens with zero attached hydrogens (tertiary/aromatic N) is 1. The Morgan fingerprint density at radius 3 is 2.19 bits per heavy atom. The van der Waals surface area contributed by atoms with Crippen LogP contribution in [0.2, 0.25) is 0 Å². The number of aliphatic hydroxyl groups excluding tert-OH is 1. The number of pyridine rings is 1. The summed E-state index contributed by atoms with van der Waals surface area (Å²) in [5.74, 6) is 0.602. The van der Waals surface area contributed by atoms with E-state index in [-0.39, 0.29) is 5.56 Å². The maximum Gasteiger partial charge on any atom is 0.203 e. The van der Waals surface area contributed by atoms with E-state index in [4.69, 9.17) is 14.2 Å². The lowest BCUT2D eigenvalue weighted by atomic mass is 10.0. The van der Waals surface area contributed by atoms with Crippen LogP contribution < -0.4 is 14.2 Å². The van der Waals surface area contributed by atoms with Gasteiger partial charge in [0.25, 0.3) is 0 Å². The van der Waals surface area contributed by atoms with Crippen LogP contribution in [0.5, 0.6) is 17.2 Å². The smallest absolute Gasteiger partial charge is 0.203 e. The molecule has 112 valence electrons. The van der Waals surface area contributed by atoms with Gasteiger partial charge in [-0.1, -0.05) is 0 Å². The molecule has 1 heterocycles. The molecule has 0 aliphatic carbocycles. The van der Waals surface area contributed by atoms with Gasteiger partial charge in [-0.25, -0.2) is 4.39 Å². The van der Waals surface area contributed by atoms with Crippen molar-refractivity contribution in [3.8, 4) is 17.2 Å². The van der Waals surface area contributed by atoms with E-state index in [9.17, 15) is 9.50 Å². The molecule has 0 bridgehead atoms. The highest BCUT2D eigenvalue weighted by atomic mass is 19.1. The first-order chi connectivity index (χ1) is 10.1. The average molecular weight is 293 g/mol. The van der Waals surface area contributed by atoms with Crippen LogP contribution in [0.25, 0.3) is 0 Å². The van der Waals surface area contributed by atoms with E-state index in [2.05, 4.69) is 4.98 Å². The number of hydrogen-bond donors (Lipinski definition) is 1. The molecule has 6 heteroatoms. The monoisotopic (exact) mass is 293 g/mol. The molecule has 0 saturated heterocycles. The van der Waals surface area contributed by atoms with Gasteiger partial charge in [-0.2, -0.15) is 0 Å². The summed E-state index contributed by atoms with van der Waals surface area (Å²) in [6.07, 6.45) is 1.30. The lowest BCUT2D eigenvalue weighted by Crippen LogP contribution is -2.05. The van der Waals surface area contributed by atoms with Gasteiger partial charge in [0.2, 0.25) is 5.75 Å². The summed E-state index contributed by atoms with van der Waals surface area (Å²) in [7, 11) is 4.43. The number of halogens is 1. The van der Waals surface area contributed by atoms with Crippen LogP contribution in [0.3, 0.4) is 0 Å². The third-order valence-corrected chi connectivity index (χ3v) is 3.10. The lowest BCUT2D eigenvalue weighted by molar-refractivity contribution is 0.213. The molecule has 1 aromatic carbocycles. The summed E-state index contributed by atoms with van der Waals surface area (Å²) in [6, 6.07) is 4.57. The summed E-state index contributed by atoms with van der Waals surface area (Å²) in [5.41, 5.74) is 0.550. The molecule has 0 aliphatic heterocycles. The average Bonchev–Trinajstić information content (AvgIpc) is 2.53. The summed E-state index contributed by atoms with van der Waals surface area (Å²) in [6.45, 7) is 0. The standard InChI is InChI=1S/C15H16FNO4/c1-19-12-6-9(7-13(20-2)15(12)21-3)14(18)10-4-5-17-8-11(10)16/h4-8,14,18H,1-3H3. The molecule has 0 spiro atoms. The van der Waals surface area contributed by atoms with Gasteiger partial charge in [-0.3, -0.25) is 4.98 Å². The van der Waals surface area contributed by atoms with E-state index in [1.165, 1.54) is 33.6 Å². The largest absolute Gasteiger partial charge is 0.493 e. The lowest BCUT2D eigenvalue weighted by Gasteiger charge is -2.17. The Bertz CT molecular complexity index is 608. The van der Waals surface area contributed by atoms with Gasteiger partial charge in [0.15, 0.2) is 11.5 Å². The minimum Gasteiger partial charge on any atom is -0.493 e. The highest BCUT2D eigenvalue weighted by Gasteiger charge is 2.20. The van der Waals surface area contributed by atoms with Crippen LogP contribution in [-0.4, -0.2) is 31.4 Å². The quantitative estimate of drug-likeness (QED) is 0.916. The molecule has 21 heavy (non-hydrogen) atoms. The van der Waals surface area contributed by atoms with Crippen LogP contribution in [-0.2, 0) is 0 Å². The highest BCUT2D eigenvalue weighted by Crippen LogP contribution is 2.40. The van der Waals surface area contributed by atoms with Gasteiger partial charge in [0.1, 0.15) is 11.9 Å².